The van der Waals surface area contributed by atoms with Crippen molar-refractivity contribution in [2.24, 2.45) is 0 Å². The first kappa shape index (κ1) is 21.3. The predicted octanol–water partition coefficient (Wildman–Crippen LogP) is 3.64. The van der Waals surface area contributed by atoms with Crippen molar-refractivity contribution in [1.82, 2.24) is 9.88 Å². The molecule has 8 heteroatoms. The number of phenolic OH excluding ortho intramolecular Hbond substituents is 1. The molecule has 0 radical (unpaired) electrons. The number of methoxy groups -OCH3 is 1. The Kier molecular flexibility index (Phi) is 5.54. The summed E-state index contributed by atoms with van der Waals surface area (Å²) in [4.78, 5) is 27.2. The average Bonchev–Trinajstić information content (AvgIpc) is 3.05. The minimum Gasteiger partial charge on any atom is -0.508 e. The average molecular weight is 448 g/mol. The van der Waals surface area contributed by atoms with Gasteiger partial charge >= 0.3 is 0 Å². The molecule has 2 amide bonds. The minimum absolute atomic E-state index is 0.0135. The molecule has 32 heavy (non-hydrogen) atoms. The number of hydrogen-bond donors (Lipinski definition) is 2. The van der Waals surface area contributed by atoms with Gasteiger partial charge in [-0.2, -0.15) is 0 Å². The molecule has 162 valence electrons. The van der Waals surface area contributed by atoms with Crippen molar-refractivity contribution < 1.29 is 19.4 Å². The van der Waals surface area contributed by atoms with E-state index in [9.17, 15) is 14.7 Å². The molecule has 1 aliphatic rings. The number of carbonyl (C=O) groups excluding carboxylic acids is 2. The first-order valence-corrected chi connectivity index (χ1v) is 10.2. The number of rotatable bonds is 4. The number of ether oxygens (including phenoxy) is 1. The summed E-state index contributed by atoms with van der Waals surface area (Å²) < 4.78 is 7.15. The smallest absolute Gasteiger partial charge is 0.270 e. The van der Waals surface area contributed by atoms with Crippen molar-refractivity contribution in [2.45, 2.75) is 13.8 Å². The number of aromatic nitrogens is 1. The van der Waals surface area contributed by atoms with Crippen LogP contribution in [-0.2, 0) is 9.59 Å². The Balaban J connectivity index is 1.73. The molecule has 7 nitrogen and oxygen atoms in total. The van der Waals surface area contributed by atoms with Gasteiger partial charge in [0.2, 0.25) is 0 Å². The van der Waals surface area contributed by atoms with Crippen molar-refractivity contribution in [3.63, 3.8) is 0 Å². The summed E-state index contributed by atoms with van der Waals surface area (Å²) in [6, 6.07) is 15.6. The van der Waals surface area contributed by atoms with Crippen molar-refractivity contribution in [2.75, 3.05) is 12.0 Å². The lowest BCUT2D eigenvalue weighted by Gasteiger charge is -2.29. The maximum atomic E-state index is 13.3. The highest BCUT2D eigenvalue weighted by Gasteiger charge is 2.34. The fourth-order valence-corrected chi connectivity index (χ4v) is 3.99. The Morgan fingerprint density at radius 3 is 2.25 bits per heavy atom. The van der Waals surface area contributed by atoms with Gasteiger partial charge in [0, 0.05) is 17.1 Å². The number of thiocarbonyl (C=S) groups is 1. The number of benzene rings is 2. The van der Waals surface area contributed by atoms with Crippen LogP contribution in [0.2, 0.25) is 0 Å². The summed E-state index contributed by atoms with van der Waals surface area (Å²) in [5, 5.41) is 12.2. The first-order chi connectivity index (χ1) is 15.3. The van der Waals surface area contributed by atoms with Gasteiger partial charge in [0.1, 0.15) is 17.1 Å². The highest BCUT2D eigenvalue weighted by Crippen LogP contribution is 2.27. The summed E-state index contributed by atoms with van der Waals surface area (Å²) in [6.07, 6.45) is 1.58. The molecule has 0 saturated carbocycles. The Labute approximate surface area is 190 Å². The number of amides is 2. The molecule has 0 aliphatic carbocycles. The van der Waals surface area contributed by atoms with Gasteiger partial charge in [-0.15, -0.1) is 0 Å². The lowest BCUT2D eigenvalue weighted by molar-refractivity contribution is -0.122. The summed E-state index contributed by atoms with van der Waals surface area (Å²) in [7, 11) is 1.56. The second kappa shape index (κ2) is 8.32. The zero-order valence-electron chi connectivity index (χ0n) is 17.7. The van der Waals surface area contributed by atoms with Gasteiger partial charge in [0.15, 0.2) is 5.11 Å². The number of anilines is 1. The SMILES string of the molecule is COc1ccc(N2C(=O)C(=Cc3cc(C)n(-c4ccc(O)cc4)c3C)C(=O)NC2=S)cc1. The van der Waals surface area contributed by atoms with Crippen LogP contribution in [0.4, 0.5) is 5.69 Å². The molecule has 2 N–H and O–H groups in total. The molecule has 1 saturated heterocycles. The van der Waals surface area contributed by atoms with Gasteiger partial charge < -0.3 is 14.4 Å². The third kappa shape index (κ3) is 3.76. The topological polar surface area (TPSA) is 83.8 Å². The van der Waals surface area contributed by atoms with Crippen LogP contribution < -0.4 is 15.0 Å². The third-order valence-corrected chi connectivity index (χ3v) is 5.59. The number of aromatic hydroxyl groups is 1. The van der Waals surface area contributed by atoms with E-state index in [1.807, 2.05) is 24.5 Å². The molecule has 0 spiro atoms. The number of phenols is 1. The molecule has 1 fully saturated rings. The first-order valence-electron chi connectivity index (χ1n) is 9.84. The lowest BCUT2D eigenvalue weighted by Crippen LogP contribution is -2.54. The van der Waals surface area contributed by atoms with E-state index in [2.05, 4.69) is 5.32 Å². The van der Waals surface area contributed by atoms with E-state index in [0.717, 1.165) is 22.6 Å². The van der Waals surface area contributed by atoms with Crippen molar-refractivity contribution in [3.05, 3.63) is 77.1 Å². The number of nitrogens with one attached hydrogen (secondary N) is 1. The van der Waals surface area contributed by atoms with E-state index in [-0.39, 0.29) is 16.4 Å². The highest BCUT2D eigenvalue weighted by molar-refractivity contribution is 7.80. The zero-order valence-corrected chi connectivity index (χ0v) is 18.6. The third-order valence-electron chi connectivity index (χ3n) is 5.31. The second-order valence-electron chi connectivity index (χ2n) is 7.33. The van der Waals surface area contributed by atoms with E-state index < -0.39 is 11.8 Å². The monoisotopic (exact) mass is 447 g/mol. The minimum atomic E-state index is -0.542. The lowest BCUT2D eigenvalue weighted by atomic mass is 10.1. The molecule has 0 bridgehead atoms. The summed E-state index contributed by atoms with van der Waals surface area (Å²) >= 11 is 5.26. The van der Waals surface area contributed by atoms with Crippen LogP contribution in [0.1, 0.15) is 17.0 Å². The molecule has 0 atom stereocenters. The molecule has 4 rings (SSSR count). The number of nitrogens with zero attached hydrogens (tertiary/aromatic N) is 2. The Morgan fingerprint density at radius 1 is 1.00 bits per heavy atom. The summed E-state index contributed by atoms with van der Waals surface area (Å²) in [5.74, 6) is -0.222. The molecular weight excluding hydrogens is 426 g/mol. The molecule has 1 aromatic heterocycles. The largest absolute Gasteiger partial charge is 0.508 e. The van der Waals surface area contributed by atoms with Gasteiger partial charge in [-0.1, -0.05) is 0 Å². The van der Waals surface area contributed by atoms with Crippen LogP contribution in [0.5, 0.6) is 11.5 Å². The Hall–Kier alpha value is -3.91. The Bertz CT molecular complexity index is 1260. The van der Waals surface area contributed by atoms with Crippen molar-refractivity contribution in [3.8, 4) is 17.2 Å². The van der Waals surface area contributed by atoms with E-state index in [4.69, 9.17) is 17.0 Å². The fraction of sp³-hybridized carbons (Fsp3) is 0.125. The van der Waals surface area contributed by atoms with Gasteiger partial charge in [-0.25, -0.2) is 0 Å². The van der Waals surface area contributed by atoms with Crippen LogP contribution in [-0.4, -0.2) is 33.7 Å². The van der Waals surface area contributed by atoms with Crippen molar-refractivity contribution >= 4 is 40.9 Å². The highest BCUT2D eigenvalue weighted by atomic mass is 32.1. The number of hydrogen-bond acceptors (Lipinski definition) is 5. The summed E-state index contributed by atoms with van der Waals surface area (Å²) in [5.41, 5.74) is 3.89. The quantitative estimate of drug-likeness (QED) is 0.362. The molecule has 0 unspecified atom stereocenters. The van der Waals surface area contributed by atoms with Gasteiger partial charge in [-0.3, -0.25) is 19.8 Å². The van der Waals surface area contributed by atoms with E-state index in [1.54, 1.807) is 61.7 Å². The van der Waals surface area contributed by atoms with E-state index in [0.29, 0.717) is 11.4 Å². The standard InChI is InChI=1S/C24H21N3O4S/c1-14-12-16(15(2)26(14)17-4-8-19(28)9-5-17)13-21-22(29)25-24(32)27(23(21)30)18-6-10-20(31-3)11-7-18/h4-13,28H,1-3H3,(H,25,29,32). The van der Waals surface area contributed by atoms with E-state index in [1.165, 1.54) is 4.90 Å². The predicted molar refractivity (Wildman–Crippen MR) is 126 cm³/mol. The molecule has 2 aromatic carbocycles. The fourth-order valence-electron chi connectivity index (χ4n) is 3.71. The van der Waals surface area contributed by atoms with Crippen LogP contribution in [0.15, 0.2) is 60.2 Å². The van der Waals surface area contributed by atoms with Crippen LogP contribution >= 0.6 is 12.2 Å². The van der Waals surface area contributed by atoms with Gasteiger partial charge in [-0.05, 0) is 92.3 Å². The second-order valence-corrected chi connectivity index (χ2v) is 7.72. The molecule has 2 heterocycles. The van der Waals surface area contributed by atoms with Gasteiger partial charge in [0.25, 0.3) is 11.8 Å². The number of carbonyl (C=O) groups is 2. The van der Waals surface area contributed by atoms with E-state index >= 15 is 0 Å². The normalized spacial score (nSPS) is 15.3. The van der Waals surface area contributed by atoms with Crippen LogP contribution in [0, 0.1) is 13.8 Å². The summed E-state index contributed by atoms with van der Waals surface area (Å²) in [6.45, 7) is 3.84. The Morgan fingerprint density at radius 2 is 1.62 bits per heavy atom. The van der Waals surface area contributed by atoms with Crippen molar-refractivity contribution in [1.29, 1.82) is 0 Å². The molecule has 3 aromatic rings. The molecule has 1 aliphatic heterocycles. The zero-order chi connectivity index (χ0) is 23.0. The van der Waals surface area contributed by atoms with Gasteiger partial charge in [0.05, 0.1) is 12.8 Å². The van der Waals surface area contributed by atoms with Crippen LogP contribution in [0.25, 0.3) is 11.8 Å². The van der Waals surface area contributed by atoms with Crippen LogP contribution in [0.3, 0.4) is 0 Å². The maximum absolute atomic E-state index is 13.3. The molecular formula is C24H21N3O4S. The number of aryl methyl sites for hydroxylation is 1. The maximum Gasteiger partial charge on any atom is 0.270 e.